The Morgan fingerprint density at radius 3 is 2.27 bits per heavy atom. The highest BCUT2D eigenvalue weighted by Crippen LogP contribution is 2.24. The van der Waals surface area contributed by atoms with E-state index < -0.39 is 0 Å². The fourth-order valence-electron chi connectivity index (χ4n) is 1.71. The third-order valence-electron chi connectivity index (χ3n) is 3.22. The second-order valence-electron chi connectivity index (χ2n) is 4.74. The lowest BCUT2D eigenvalue weighted by Crippen LogP contribution is -2.18. The third-order valence-corrected chi connectivity index (χ3v) is 3.22. The summed E-state index contributed by atoms with van der Waals surface area (Å²) in [5.74, 6) is 1.13. The van der Waals surface area contributed by atoms with Gasteiger partial charge in [-0.05, 0) is 23.0 Å². The molecule has 2 atom stereocenters. The van der Waals surface area contributed by atoms with Gasteiger partial charge in [0.05, 0.1) is 0 Å². The van der Waals surface area contributed by atoms with Crippen molar-refractivity contribution >= 4 is 0 Å². The zero-order valence-electron chi connectivity index (χ0n) is 10.3. The molecule has 1 aromatic rings. The summed E-state index contributed by atoms with van der Waals surface area (Å²) in [6, 6.07) is 8.86. The Hall–Kier alpha value is -0.820. The van der Waals surface area contributed by atoms with E-state index >= 15 is 0 Å². The average molecular weight is 205 g/mol. The Kier molecular flexibility index (Phi) is 4.34. The fraction of sp³-hybridized carbons (Fsp3) is 0.571. The van der Waals surface area contributed by atoms with Crippen LogP contribution in [0.3, 0.4) is 0 Å². The second kappa shape index (κ2) is 5.32. The van der Waals surface area contributed by atoms with Crippen LogP contribution in [0.4, 0.5) is 0 Å². The van der Waals surface area contributed by atoms with E-state index in [4.69, 9.17) is 5.73 Å². The van der Waals surface area contributed by atoms with Crippen LogP contribution in [0.5, 0.6) is 0 Å². The van der Waals surface area contributed by atoms with Gasteiger partial charge in [-0.2, -0.15) is 0 Å². The number of rotatable bonds is 4. The predicted octanol–water partition coefficient (Wildman–Crippen LogP) is 3.86. The van der Waals surface area contributed by atoms with Crippen LogP contribution in [0.2, 0.25) is 0 Å². The maximum Gasteiger partial charge on any atom is 0.0320 e. The number of benzene rings is 1. The summed E-state index contributed by atoms with van der Waals surface area (Å²) in [5, 5.41) is 0. The maximum absolute atomic E-state index is 6.22. The standard InChI is InChI=1S/C14H23N/c1-5-11(4)14(15)13-8-6-7-12(9-13)10(2)3/h6-11,14H,5,15H2,1-4H3/t11?,14-/m1/s1. The van der Waals surface area contributed by atoms with Gasteiger partial charge in [0, 0.05) is 6.04 Å². The predicted molar refractivity (Wildman–Crippen MR) is 66.9 cm³/mol. The van der Waals surface area contributed by atoms with Crippen LogP contribution in [-0.4, -0.2) is 0 Å². The van der Waals surface area contributed by atoms with Gasteiger partial charge in [-0.3, -0.25) is 0 Å². The zero-order chi connectivity index (χ0) is 11.4. The second-order valence-corrected chi connectivity index (χ2v) is 4.74. The summed E-state index contributed by atoms with van der Waals surface area (Å²) in [6.45, 7) is 8.84. The fourth-order valence-corrected chi connectivity index (χ4v) is 1.71. The van der Waals surface area contributed by atoms with Gasteiger partial charge in [0.1, 0.15) is 0 Å². The summed E-state index contributed by atoms with van der Waals surface area (Å²) in [7, 11) is 0. The lowest BCUT2D eigenvalue weighted by atomic mass is 9.91. The minimum Gasteiger partial charge on any atom is -0.324 e. The SMILES string of the molecule is CCC(C)[C@@H](N)c1cccc(C(C)C)c1. The topological polar surface area (TPSA) is 26.0 Å². The van der Waals surface area contributed by atoms with Crippen LogP contribution in [0.15, 0.2) is 24.3 Å². The summed E-state index contributed by atoms with van der Waals surface area (Å²) in [6.07, 6.45) is 1.13. The van der Waals surface area contributed by atoms with Crippen LogP contribution in [0, 0.1) is 5.92 Å². The van der Waals surface area contributed by atoms with Gasteiger partial charge < -0.3 is 5.73 Å². The largest absolute Gasteiger partial charge is 0.324 e. The Morgan fingerprint density at radius 1 is 1.13 bits per heavy atom. The van der Waals surface area contributed by atoms with E-state index in [1.54, 1.807) is 0 Å². The van der Waals surface area contributed by atoms with Gasteiger partial charge in [0.15, 0.2) is 0 Å². The Morgan fingerprint density at radius 2 is 1.73 bits per heavy atom. The first-order chi connectivity index (χ1) is 7.06. The van der Waals surface area contributed by atoms with E-state index in [0.29, 0.717) is 11.8 Å². The van der Waals surface area contributed by atoms with Crippen LogP contribution in [0.25, 0.3) is 0 Å². The highest BCUT2D eigenvalue weighted by atomic mass is 14.6. The Balaban J connectivity index is 2.90. The first-order valence-electron chi connectivity index (χ1n) is 5.91. The van der Waals surface area contributed by atoms with Crippen molar-refractivity contribution in [3.63, 3.8) is 0 Å². The molecule has 0 aromatic heterocycles. The summed E-state index contributed by atoms with van der Waals surface area (Å²) in [4.78, 5) is 0. The molecular weight excluding hydrogens is 182 g/mol. The molecule has 0 bridgehead atoms. The van der Waals surface area contributed by atoms with Crippen LogP contribution in [0.1, 0.15) is 57.2 Å². The van der Waals surface area contributed by atoms with Crippen molar-refractivity contribution in [3.8, 4) is 0 Å². The van der Waals surface area contributed by atoms with Gasteiger partial charge in [0.25, 0.3) is 0 Å². The molecule has 15 heavy (non-hydrogen) atoms. The van der Waals surface area contributed by atoms with Crippen molar-refractivity contribution in [1.82, 2.24) is 0 Å². The molecular formula is C14H23N. The van der Waals surface area contributed by atoms with E-state index in [1.807, 2.05) is 0 Å². The number of nitrogens with two attached hydrogens (primary N) is 1. The molecule has 0 aliphatic heterocycles. The van der Waals surface area contributed by atoms with E-state index in [9.17, 15) is 0 Å². The van der Waals surface area contributed by atoms with Crippen molar-refractivity contribution in [3.05, 3.63) is 35.4 Å². The highest BCUT2D eigenvalue weighted by Gasteiger charge is 2.13. The smallest absolute Gasteiger partial charge is 0.0320 e. The molecule has 1 unspecified atom stereocenters. The summed E-state index contributed by atoms with van der Waals surface area (Å²) < 4.78 is 0. The van der Waals surface area contributed by atoms with Crippen LogP contribution < -0.4 is 5.73 Å². The zero-order valence-corrected chi connectivity index (χ0v) is 10.3. The van der Waals surface area contributed by atoms with E-state index in [1.165, 1.54) is 11.1 Å². The molecule has 0 aliphatic rings. The van der Waals surface area contributed by atoms with E-state index in [-0.39, 0.29) is 6.04 Å². The van der Waals surface area contributed by atoms with Crippen LogP contribution in [-0.2, 0) is 0 Å². The van der Waals surface area contributed by atoms with E-state index in [0.717, 1.165) is 6.42 Å². The molecule has 0 radical (unpaired) electrons. The molecule has 0 heterocycles. The molecule has 0 amide bonds. The summed E-state index contributed by atoms with van der Waals surface area (Å²) in [5.41, 5.74) is 8.87. The van der Waals surface area contributed by atoms with Crippen molar-refractivity contribution in [2.45, 2.75) is 46.1 Å². The lowest BCUT2D eigenvalue weighted by molar-refractivity contribution is 0.456. The summed E-state index contributed by atoms with van der Waals surface area (Å²) >= 11 is 0. The molecule has 0 spiro atoms. The Labute approximate surface area is 93.7 Å². The quantitative estimate of drug-likeness (QED) is 0.793. The molecule has 0 saturated carbocycles. The monoisotopic (exact) mass is 205 g/mol. The lowest BCUT2D eigenvalue weighted by Gasteiger charge is -2.20. The normalized spacial score (nSPS) is 15.3. The number of hydrogen-bond acceptors (Lipinski definition) is 1. The van der Waals surface area contributed by atoms with Crippen molar-refractivity contribution in [1.29, 1.82) is 0 Å². The molecule has 1 nitrogen and oxygen atoms in total. The Bertz CT molecular complexity index is 304. The first kappa shape index (κ1) is 12.3. The van der Waals surface area contributed by atoms with Crippen molar-refractivity contribution in [2.75, 3.05) is 0 Å². The average Bonchev–Trinajstić information content (AvgIpc) is 2.27. The van der Waals surface area contributed by atoms with Gasteiger partial charge in [0.2, 0.25) is 0 Å². The van der Waals surface area contributed by atoms with Gasteiger partial charge >= 0.3 is 0 Å². The molecule has 1 aromatic carbocycles. The molecule has 1 heteroatoms. The van der Waals surface area contributed by atoms with Gasteiger partial charge in [-0.25, -0.2) is 0 Å². The highest BCUT2D eigenvalue weighted by molar-refractivity contribution is 5.28. The first-order valence-corrected chi connectivity index (χ1v) is 5.91. The van der Waals surface area contributed by atoms with Crippen molar-refractivity contribution in [2.24, 2.45) is 11.7 Å². The van der Waals surface area contributed by atoms with Crippen LogP contribution >= 0.6 is 0 Å². The molecule has 1 rings (SSSR count). The molecule has 0 saturated heterocycles. The molecule has 2 N–H and O–H groups in total. The minimum atomic E-state index is 0.175. The van der Waals surface area contributed by atoms with Gasteiger partial charge in [-0.15, -0.1) is 0 Å². The number of hydrogen-bond donors (Lipinski definition) is 1. The molecule has 0 fully saturated rings. The molecule has 0 aliphatic carbocycles. The van der Waals surface area contributed by atoms with E-state index in [2.05, 4.69) is 52.0 Å². The minimum absolute atomic E-state index is 0.175. The third kappa shape index (κ3) is 3.07. The van der Waals surface area contributed by atoms with Crippen molar-refractivity contribution < 1.29 is 0 Å². The van der Waals surface area contributed by atoms with Gasteiger partial charge in [-0.1, -0.05) is 58.4 Å². The molecule has 84 valence electrons. The maximum atomic E-state index is 6.22.